The minimum Gasteiger partial charge on any atom is -0.324 e. The van der Waals surface area contributed by atoms with Crippen LogP contribution in [0.15, 0.2) is 18.2 Å². The van der Waals surface area contributed by atoms with E-state index < -0.39 is 10.8 Å². The van der Waals surface area contributed by atoms with E-state index in [0.717, 1.165) is 29.8 Å². The molecule has 1 aromatic rings. The molecule has 0 radical (unpaired) electrons. The van der Waals surface area contributed by atoms with Crippen LogP contribution in [0.25, 0.3) is 0 Å². The Balaban J connectivity index is 2.03. The van der Waals surface area contributed by atoms with Gasteiger partial charge in [-0.25, -0.2) is 0 Å². The first-order valence-corrected chi connectivity index (χ1v) is 9.31. The van der Waals surface area contributed by atoms with Gasteiger partial charge in [0.25, 0.3) is 0 Å². The highest BCUT2D eigenvalue weighted by Gasteiger charge is 2.30. The van der Waals surface area contributed by atoms with Crippen molar-refractivity contribution in [3.8, 4) is 0 Å². The third-order valence-corrected chi connectivity index (χ3v) is 6.41. The minimum atomic E-state index is -0.771. The lowest BCUT2D eigenvalue weighted by molar-refractivity contribution is -0.117. The molecule has 0 unspecified atom stereocenters. The average molecular weight is 322 g/mol. The molecule has 3 atom stereocenters. The van der Waals surface area contributed by atoms with Gasteiger partial charge in [-0.2, -0.15) is 0 Å². The van der Waals surface area contributed by atoms with Crippen molar-refractivity contribution in [1.82, 2.24) is 4.90 Å². The summed E-state index contributed by atoms with van der Waals surface area (Å²) in [7, 11) is -0.771. The number of nitrogens with zero attached hydrogens (tertiary/aromatic N) is 1. The summed E-state index contributed by atoms with van der Waals surface area (Å²) in [6, 6.07) is 6.26. The number of carbonyl (C=O) groups excluding carboxylic acids is 1. The van der Waals surface area contributed by atoms with Crippen LogP contribution in [0.4, 0.5) is 5.69 Å². The van der Waals surface area contributed by atoms with Gasteiger partial charge >= 0.3 is 0 Å². The molecule has 1 aliphatic heterocycles. The Morgan fingerprint density at radius 3 is 2.82 bits per heavy atom. The van der Waals surface area contributed by atoms with Crippen LogP contribution in [-0.4, -0.2) is 45.2 Å². The number of hydrogen-bond acceptors (Lipinski definition) is 3. The standard InChI is InChI=1S/C17H26N2O2S/c1-5-15-8-6-7-12(2)17(15)18-16(20)11-19-9-10-22(21)14(4)13(19)3/h6-8,13-14H,5,9-11H2,1-4H3,(H,18,20)/t13-,14+,22+/m1/s1. The summed E-state index contributed by atoms with van der Waals surface area (Å²) in [6.07, 6.45) is 0.896. The zero-order chi connectivity index (χ0) is 16.3. The number of anilines is 1. The Bertz CT molecular complexity index is 574. The molecule has 4 nitrogen and oxygen atoms in total. The smallest absolute Gasteiger partial charge is 0.238 e. The maximum absolute atomic E-state index is 12.4. The molecule has 0 saturated carbocycles. The van der Waals surface area contributed by atoms with Crippen LogP contribution < -0.4 is 5.32 Å². The topological polar surface area (TPSA) is 49.4 Å². The minimum absolute atomic E-state index is 0.00994. The van der Waals surface area contributed by atoms with E-state index >= 15 is 0 Å². The van der Waals surface area contributed by atoms with Crippen LogP contribution in [0.1, 0.15) is 31.9 Å². The normalized spacial score (nSPS) is 25.9. The Morgan fingerprint density at radius 1 is 1.41 bits per heavy atom. The fourth-order valence-electron chi connectivity index (χ4n) is 2.90. The van der Waals surface area contributed by atoms with Gasteiger partial charge in [0, 0.05) is 40.1 Å². The summed E-state index contributed by atoms with van der Waals surface area (Å²) in [6.45, 7) is 9.25. The van der Waals surface area contributed by atoms with Gasteiger partial charge in [-0.1, -0.05) is 25.1 Å². The summed E-state index contributed by atoms with van der Waals surface area (Å²) in [4.78, 5) is 14.5. The number of nitrogens with one attached hydrogen (secondary N) is 1. The second kappa shape index (κ2) is 7.38. The summed E-state index contributed by atoms with van der Waals surface area (Å²) in [5, 5.41) is 3.18. The van der Waals surface area contributed by atoms with E-state index in [2.05, 4.69) is 30.1 Å². The molecule has 1 heterocycles. The second-order valence-electron chi connectivity index (χ2n) is 6.01. The first-order chi connectivity index (χ1) is 10.4. The van der Waals surface area contributed by atoms with E-state index in [1.54, 1.807) is 0 Å². The number of benzene rings is 1. The Labute approximate surface area is 135 Å². The number of rotatable bonds is 4. The summed E-state index contributed by atoms with van der Waals surface area (Å²) >= 11 is 0. The van der Waals surface area contributed by atoms with Crippen LogP contribution in [0.3, 0.4) is 0 Å². The van der Waals surface area contributed by atoms with Crippen molar-refractivity contribution < 1.29 is 9.00 Å². The summed E-state index contributed by atoms with van der Waals surface area (Å²) in [5.41, 5.74) is 3.19. The van der Waals surface area contributed by atoms with Crippen molar-refractivity contribution in [2.75, 3.05) is 24.2 Å². The van der Waals surface area contributed by atoms with Gasteiger partial charge in [0.05, 0.1) is 6.54 Å². The molecular weight excluding hydrogens is 296 g/mol. The molecule has 1 fully saturated rings. The lowest BCUT2D eigenvalue weighted by Gasteiger charge is -2.36. The summed E-state index contributed by atoms with van der Waals surface area (Å²) in [5.74, 6) is 0.666. The number of carbonyl (C=O) groups is 1. The zero-order valence-corrected chi connectivity index (χ0v) is 14.7. The largest absolute Gasteiger partial charge is 0.324 e. The highest BCUT2D eigenvalue weighted by molar-refractivity contribution is 7.85. The lowest BCUT2D eigenvalue weighted by Crippen LogP contribution is -2.52. The fourth-order valence-corrected chi connectivity index (χ4v) is 4.30. The van der Waals surface area contributed by atoms with E-state index in [1.807, 2.05) is 26.0 Å². The predicted molar refractivity (Wildman–Crippen MR) is 92.7 cm³/mol. The molecule has 1 N–H and O–H groups in total. The van der Waals surface area contributed by atoms with Crippen molar-refractivity contribution >= 4 is 22.4 Å². The van der Waals surface area contributed by atoms with Crippen LogP contribution in [0.2, 0.25) is 0 Å². The molecule has 122 valence electrons. The van der Waals surface area contributed by atoms with Crippen LogP contribution in [0, 0.1) is 6.92 Å². The zero-order valence-electron chi connectivity index (χ0n) is 13.9. The molecule has 1 saturated heterocycles. The van der Waals surface area contributed by atoms with Gasteiger partial charge in [0.1, 0.15) is 0 Å². The molecule has 0 aliphatic carbocycles. The van der Waals surface area contributed by atoms with E-state index in [-0.39, 0.29) is 17.2 Å². The van der Waals surface area contributed by atoms with Crippen LogP contribution in [-0.2, 0) is 22.0 Å². The maximum atomic E-state index is 12.4. The van der Waals surface area contributed by atoms with Crippen molar-refractivity contribution in [3.63, 3.8) is 0 Å². The third-order valence-electron chi connectivity index (χ3n) is 4.60. The quantitative estimate of drug-likeness (QED) is 0.925. The monoisotopic (exact) mass is 322 g/mol. The van der Waals surface area contributed by atoms with E-state index in [9.17, 15) is 9.00 Å². The van der Waals surface area contributed by atoms with Crippen molar-refractivity contribution in [3.05, 3.63) is 29.3 Å². The highest BCUT2D eigenvalue weighted by Crippen LogP contribution is 2.21. The molecule has 0 spiro atoms. The Morgan fingerprint density at radius 2 is 2.14 bits per heavy atom. The van der Waals surface area contributed by atoms with Crippen molar-refractivity contribution in [1.29, 1.82) is 0 Å². The molecule has 22 heavy (non-hydrogen) atoms. The number of amides is 1. The first kappa shape index (κ1) is 17.2. The predicted octanol–water partition coefficient (Wildman–Crippen LogP) is 2.34. The van der Waals surface area contributed by atoms with Gasteiger partial charge in [0.15, 0.2) is 0 Å². The molecular formula is C17H26N2O2S. The molecule has 2 rings (SSSR count). The fraction of sp³-hybridized carbons (Fsp3) is 0.588. The lowest BCUT2D eigenvalue weighted by atomic mass is 10.1. The number of para-hydroxylation sites is 1. The Kier molecular flexibility index (Phi) is 5.75. The second-order valence-corrected chi connectivity index (χ2v) is 7.93. The Hall–Kier alpha value is -1.20. The highest BCUT2D eigenvalue weighted by atomic mass is 32.2. The third kappa shape index (κ3) is 3.76. The number of hydrogen-bond donors (Lipinski definition) is 1. The van der Waals surface area contributed by atoms with Crippen molar-refractivity contribution in [2.24, 2.45) is 0 Å². The van der Waals surface area contributed by atoms with Gasteiger partial charge < -0.3 is 5.32 Å². The van der Waals surface area contributed by atoms with Gasteiger partial charge in [-0.15, -0.1) is 0 Å². The SMILES string of the molecule is CCc1cccc(C)c1NC(=O)CN1CC[S@](=O)[C@@H](C)[C@H]1C. The van der Waals surface area contributed by atoms with Crippen LogP contribution >= 0.6 is 0 Å². The molecule has 0 bridgehead atoms. The van der Waals surface area contributed by atoms with Gasteiger partial charge in [-0.3, -0.25) is 13.9 Å². The molecule has 5 heteroatoms. The number of aryl methyl sites for hydroxylation is 2. The maximum Gasteiger partial charge on any atom is 0.238 e. The van der Waals surface area contributed by atoms with Crippen molar-refractivity contribution in [2.45, 2.75) is 45.4 Å². The molecule has 0 aromatic heterocycles. The first-order valence-electron chi connectivity index (χ1n) is 7.93. The molecule has 1 aliphatic rings. The van der Waals surface area contributed by atoms with Crippen LogP contribution in [0.5, 0.6) is 0 Å². The van der Waals surface area contributed by atoms with E-state index in [4.69, 9.17) is 0 Å². The molecule has 1 aromatic carbocycles. The molecule has 1 amide bonds. The van der Waals surface area contributed by atoms with E-state index in [1.165, 1.54) is 0 Å². The average Bonchev–Trinajstić information content (AvgIpc) is 2.50. The van der Waals surface area contributed by atoms with E-state index in [0.29, 0.717) is 12.3 Å². The van der Waals surface area contributed by atoms with Gasteiger partial charge in [-0.05, 0) is 38.3 Å². The van der Waals surface area contributed by atoms with Gasteiger partial charge in [0.2, 0.25) is 5.91 Å². The summed E-state index contributed by atoms with van der Waals surface area (Å²) < 4.78 is 11.8.